The second-order valence-corrected chi connectivity index (χ2v) is 12.6. The van der Waals surface area contributed by atoms with Crippen LogP contribution >= 0.6 is 0 Å². The Morgan fingerprint density at radius 1 is 0.722 bits per heavy atom. The molecule has 0 bridgehead atoms. The Morgan fingerprint density at radius 3 is 1.78 bits per heavy atom. The molecule has 7 atom stereocenters. The molecule has 9 amide bonds. The molecule has 0 unspecified atom stereocenters. The van der Waals surface area contributed by atoms with Crippen LogP contribution in [-0.4, -0.2) is 166 Å². The van der Waals surface area contributed by atoms with Crippen molar-refractivity contribution in [3.63, 3.8) is 0 Å². The number of carbonyl (C=O) groups is 10. The van der Waals surface area contributed by atoms with Crippen molar-refractivity contribution < 1.29 is 68.4 Å². The number of carboxylic acids is 1. The molecule has 304 valence electrons. The summed E-state index contributed by atoms with van der Waals surface area (Å²) in [6, 6.07) is -8.60. The summed E-state index contributed by atoms with van der Waals surface area (Å²) in [5, 5.41) is 53.4. The molecule has 0 spiro atoms. The summed E-state index contributed by atoms with van der Waals surface area (Å²) >= 11 is 0. The fourth-order valence-electron chi connectivity index (χ4n) is 4.86. The number of likely N-dealkylation sites (tertiary alicyclic amines) is 1. The van der Waals surface area contributed by atoms with Crippen LogP contribution in [0.15, 0.2) is 0 Å². The molecule has 24 heteroatoms. The molecule has 0 aliphatic carbocycles. The predicted octanol–water partition coefficient (Wildman–Crippen LogP) is -8.43. The number of nitrogens with one attached hydrogen (secondary N) is 7. The largest absolute Gasteiger partial charge is 0.480 e. The van der Waals surface area contributed by atoms with Gasteiger partial charge in [-0.15, -0.1) is 0 Å². The first-order valence-electron chi connectivity index (χ1n) is 16.7. The number of carboxylic acid groups (broad SMARTS) is 1. The van der Waals surface area contributed by atoms with Gasteiger partial charge in [-0.1, -0.05) is 13.8 Å². The molecular weight excluding hydrogens is 724 g/mol. The highest BCUT2D eigenvalue weighted by atomic mass is 16.4. The van der Waals surface area contributed by atoms with Gasteiger partial charge < -0.3 is 74.0 Å². The highest BCUT2D eigenvalue weighted by Gasteiger charge is 2.39. The Labute approximate surface area is 308 Å². The third kappa shape index (κ3) is 15.3. The number of rotatable bonds is 22. The van der Waals surface area contributed by atoms with Crippen molar-refractivity contribution in [2.24, 2.45) is 17.4 Å². The highest BCUT2D eigenvalue weighted by molar-refractivity contribution is 5.97. The van der Waals surface area contributed by atoms with Crippen LogP contribution in [0.1, 0.15) is 40.0 Å². The lowest BCUT2D eigenvalue weighted by Gasteiger charge is -2.29. The SMILES string of the molecule is CC(C)[C@H](NC(=O)[C@@H]1CCCN1C(=O)[C@H](CO)NC(=O)CNC(=O)[C@H](CO)NC(=O)[C@H](CC(N)=O)NC(=O)CNC(=O)CNC(=O)[C@@H](N)[C@@H](C)O)C(=O)O. The van der Waals surface area contributed by atoms with Crippen molar-refractivity contribution in [3.8, 4) is 0 Å². The van der Waals surface area contributed by atoms with Crippen molar-refractivity contribution in [2.45, 2.75) is 82.4 Å². The van der Waals surface area contributed by atoms with Gasteiger partial charge in [-0.25, -0.2) is 4.79 Å². The van der Waals surface area contributed by atoms with Crippen LogP contribution in [0.4, 0.5) is 0 Å². The molecule has 1 rings (SSSR count). The van der Waals surface area contributed by atoms with Gasteiger partial charge in [0.15, 0.2) is 0 Å². The van der Waals surface area contributed by atoms with Crippen molar-refractivity contribution in [1.82, 2.24) is 42.1 Å². The smallest absolute Gasteiger partial charge is 0.326 e. The predicted molar refractivity (Wildman–Crippen MR) is 182 cm³/mol. The summed E-state index contributed by atoms with van der Waals surface area (Å²) in [5.74, 6) is -10.4. The number of aliphatic carboxylic acids is 1. The molecule has 1 fully saturated rings. The zero-order chi connectivity index (χ0) is 41.3. The van der Waals surface area contributed by atoms with Crippen LogP contribution < -0.4 is 48.7 Å². The summed E-state index contributed by atoms with van der Waals surface area (Å²) in [6.45, 7) is 0.367. The molecule has 0 aromatic heterocycles. The fourth-order valence-corrected chi connectivity index (χ4v) is 4.86. The second kappa shape index (κ2) is 22.6. The van der Waals surface area contributed by atoms with Crippen LogP contribution in [0.25, 0.3) is 0 Å². The molecule has 0 aromatic rings. The number of nitrogens with zero attached hydrogens (tertiary/aromatic N) is 1. The number of nitrogens with two attached hydrogens (primary N) is 2. The molecule has 0 aromatic carbocycles. The van der Waals surface area contributed by atoms with E-state index in [1.807, 2.05) is 0 Å². The third-order valence-corrected chi connectivity index (χ3v) is 7.87. The normalized spacial score (nSPS) is 17.0. The Balaban J connectivity index is 2.75. The van der Waals surface area contributed by atoms with Crippen LogP contribution in [0, 0.1) is 5.92 Å². The van der Waals surface area contributed by atoms with E-state index < -0.39 is 147 Å². The first-order chi connectivity index (χ1) is 25.2. The molecule has 54 heavy (non-hydrogen) atoms. The summed E-state index contributed by atoms with van der Waals surface area (Å²) in [6.07, 6.45) is -1.41. The Hall–Kier alpha value is -5.46. The first-order valence-corrected chi connectivity index (χ1v) is 16.7. The van der Waals surface area contributed by atoms with E-state index in [4.69, 9.17) is 11.5 Å². The van der Waals surface area contributed by atoms with Crippen molar-refractivity contribution in [2.75, 3.05) is 39.4 Å². The molecule has 1 aliphatic heterocycles. The Bertz CT molecular complexity index is 1410. The van der Waals surface area contributed by atoms with E-state index in [0.29, 0.717) is 6.42 Å². The van der Waals surface area contributed by atoms with Gasteiger partial charge in [0.25, 0.3) is 0 Å². The third-order valence-electron chi connectivity index (χ3n) is 7.87. The van der Waals surface area contributed by atoms with Gasteiger partial charge in [0.05, 0.1) is 45.4 Å². The maximum atomic E-state index is 13.2. The second-order valence-electron chi connectivity index (χ2n) is 12.6. The maximum absolute atomic E-state index is 13.2. The average Bonchev–Trinajstić information content (AvgIpc) is 3.60. The molecule has 1 aliphatic rings. The van der Waals surface area contributed by atoms with Crippen LogP contribution in [-0.2, 0) is 47.9 Å². The molecule has 0 saturated carbocycles. The number of amides is 9. The van der Waals surface area contributed by atoms with E-state index in [1.54, 1.807) is 13.8 Å². The molecule has 0 radical (unpaired) electrons. The Kier molecular flexibility index (Phi) is 19.5. The van der Waals surface area contributed by atoms with Gasteiger partial charge in [0, 0.05) is 6.54 Å². The standard InChI is InChI=1S/C30H50N10O14/c1-13(2)24(30(53)54)39-27(50)18-5-4-6-40(18)29(52)17(12-42)37-22(47)10-34-25(48)16(11-41)38-26(49)15(7-19(31)44)36-21(46)9-33-20(45)8-35-28(51)23(32)14(3)43/h13-18,23-24,41-43H,4-12,32H2,1-3H3,(H2,31,44)(H,33,45)(H,34,48)(H,35,51)(H,36,46)(H,37,47)(H,38,49)(H,39,50)(H,53,54)/t14-,15+,16+,17+,18+,23+,24+/m1/s1. The monoisotopic (exact) mass is 774 g/mol. The molecule has 24 nitrogen and oxygen atoms in total. The fraction of sp³-hybridized carbons (Fsp3) is 0.667. The lowest BCUT2D eigenvalue weighted by Crippen LogP contribution is -2.58. The summed E-state index contributed by atoms with van der Waals surface area (Å²) in [7, 11) is 0. The maximum Gasteiger partial charge on any atom is 0.326 e. The number of primary amides is 1. The molecular formula is C30H50N10O14. The van der Waals surface area contributed by atoms with Gasteiger partial charge in [-0.3, -0.25) is 43.2 Å². The lowest BCUT2D eigenvalue weighted by atomic mass is 10.0. The van der Waals surface area contributed by atoms with E-state index in [1.165, 1.54) is 6.92 Å². The zero-order valence-electron chi connectivity index (χ0n) is 30.0. The minimum atomic E-state index is -1.74. The topological polar surface area (TPSA) is 391 Å². The first kappa shape index (κ1) is 46.6. The van der Waals surface area contributed by atoms with Crippen molar-refractivity contribution >= 4 is 59.1 Å². The summed E-state index contributed by atoms with van der Waals surface area (Å²) < 4.78 is 0. The van der Waals surface area contributed by atoms with Crippen LogP contribution in [0.3, 0.4) is 0 Å². The van der Waals surface area contributed by atoms with E-state index >= 15 is 0 Å². The van der Waals surface area contributed by atoms with Gasteiger partial charge in [-0.2, -0.15) is 0 Å². The number of aliphatic hydroxyl groups excluding tert-OH is 3. The van der Waals surface area contributed by atoms with E-state index in [9.17, 15) is 68.4 Å². The van der Waals surface area contributed by atoms with E-state index in [0.717, 1.165) is 4.90 Å². The zero-order valence-corrected chi connectivity index (χ0v) is 30.0. The van der Waals surface area contributed by atoms with Crippen LogP contribution in [0.2, 0.25) is 0 Å². The van der Waals surface area contributed by atoms with E-state index in [-0.39, 0.29) is 13.0 Å². The number of hydrogen-bond acceptors (Lipinski definition) is 14. The quantitative estimate of drug-likeness (QED) is 0.0486. The summed E-state index contributed by atoms with van der Waals surface area (Å²) in [5.41, 5.74) is 10.6. The minimum absolute atomic E-state index is 0.0734. The average molecular weight is 775 g/mol. The van der Waals surface area contributed by atoms with Gasteiger partial charge in [0.1, 0.15) is 36.3 Å². The number of hydrogen-bond donors (Lipinski definition) is 13. The lowest BCUT2D eigenvalue weighted by molar-refractivity contribution is -0.146. The van der Waals surface area contributed by atoms with Crippen LogP contribution in [0.5, 0.6) is 0 Å². The summed E-state index contributed by atoms with van der Waals surface area (Å²) in [4.78, 5) is 124. The minimum Gasteiger partial charge on any atom is -0.480 e. The molecule has 1 saturated heterocycles. The highest BCUT2D eigenvalue weighted by Crippen LogP contribution is 2.19. The van der Waals surface area contributed by atoms with Gasteiger partial charge in [-0.05, 0) is 25.7 Å². The number of aliphatic hydroxyl groups is 3. The Morgan fingerprint density at radius 2 is 1.26 bits per heavy atom. The van der Waals surface area contributed by atoms with Gasteiger partial charge in [0.2, 0.25) is 53.2 Å². The van der Waals surface area contributed by atoms with Crippen molar-refractivity contribution in [1.29, 1.82) is 0 Å². The van der Waals surface area contributed by atoms with Gasteiger partial charge >= 0.3 is 5.97 Å². The number of carbonyl (C=O) groups excluding carboxylic acids is 9. The van der Waals surface area contributed by atoms with Crippen molar-refractivity contribution in [3.05, 3.63) is 0 Å². The van der Waals surface area contributed by atoms with E-state index in [2.05, 4.69) is 37.2 Å². The molecule has 1 heterocycles. The molecule has 15 N–H and O–H groups in total.